The van der Waals surface area contributed by atoms with E-state index in [-0.39, 0.29) is 17.3 Å². The summed E-state index contributed by atoms with van der Waals surface area (Å²) in [5, 5.41) is 17.6. The zero-order chi connectivity index (χ0) is 34.6. The highest BCUT2D eigenvalue weighted by Gasteiger charge is 2.37. The molecule has 0 spiro atoms. The number of hydrogen-bond donors (Lipinski definition) is 3. The molecule has 0 bridgehead atoms. The van der Waals surface area contributed by atoms with E-state index >= 15 is 0 Å². The topological polar surface area (TPSA) is 137 Å². The standard InChI is InChI=1S/C20H23F6N7O4/c1-11(30-13-8-29-31-16(35)15(13)20(24,25)26)9-37-10-14(34)17(36)32-2-4-33(5-3-32)18-27-6-12(7-28-18)19(21,22)23/h6-8,11,14,34H,2-5,9-10H2,1H3,(H2,30,31,35)/i2D2,3D2,4D2,5D2. The Labute approximate surface area is 216 Å². The first-order chi connectivity index (χ1) is 20.3. The van der Waals surface area contributed by atoms with Crippen molar-refractivity contribution in [1.29, 1.82) is 0 Å². The van der Waals surface area contributed by atoms with Gasteiger partial charge in [-0.2, -0.15) is 31.4 Å². The van der Waals surface area contributed by atoms with Gasteiger partial charge in [0.1, 0.15) is 5.56 Å². The van der Waals surface area contributed by atoms with E-state index in [0.717, 1.165) is 0 Å². The van der Waals surface area contributed by atoms with Crippen molar-refractivity contribution >= 4 is 17.5 Å². The molecule has 1 saturated heterocycles. The number of aliphatic hydroxyl groups is 1. The number of halogens is 6. The lowest BCUT2D eigenvalue weighted by Gasteiger charge is -2.35. The number of aromatic nitrogens is 4. The lowest BCUT2D eigenvalue weighted by atomic mass is 10.2. The van der Waals surface area contributed by atoms with E-state index in [4.69, 9.17) is 15.7 Å². The Bertz CT molecular complexity index is 1430. The summed E-state index contributed by atoms with van der Waals surface area (Å²) in [6.07, 6.45) is -11.6. The third-order valence-corrected chi connectivity index (χ3v) is 4.40. The van der Waals surface area contributed by atoms with Crippen LogP contribution in [0.1, 0.15) is 29.0 Å². The maximum atomic E-state index is 13.2. The molecule has 17 heteroatoms. The van der Waals surface area contributed by atoms with Gasteiger partial charge in [0.2, 0.25) is 5.95 Å². The van der Waals surface area contributed by atoms with Crippen LogP contribution in [0.2, 0.25) is 0 Å². The number of carbonyl (C=O) groups excluding carboxylic acids is 1. The normalized spacial score (nSPS) is 25.1. The maximum Gasteiger partial charge on any atom is 0.423 e. The van der Waals surface area contributed by atoms with E-state index in [1.807, 2.05) is 0 Å². The first kappa shape index (κ1) is 18.7. The molecule has 2 atom stereocenters. The number of hydrogen-bond acceptors (Lipinski definition) is 9. The van der Waals surface area contributed by atoms with Crippen molar-refractivity contribution in [2.24, 2.45) is 0 Å². The Morgan fingerprint density at radius 3 is 2.32 bits per heavy atom. The highest BCUT2D eigenvalue weighted by atomic mass is 19.4. The molecular formula is C20H23F6N7O4. The van der Waals surface area contributed by atoms with Gasteiger partial charge in [0.05, 0.1) is 41.6 Å². The third kappa shape index (κ3) is 7.28. The van der Waals surface area contributed by atoms with Gasteiger partial charge in [-0.15, -0.1) is 0 Å². The van der Waals surface area contributed by atoms with Crippen LogP contribution in [-0.4, -0.2) is 87.4 Å². The van der Waals surface area contributed by atoms with Crippen LogP contribution in [0.5, 0.6) is 0 Å². The van der Waals surface area contributed by atoms with Crippen LogP contribution >= 0.6 is 0 Å². The molecule has 11 nitrogen and oxygen atoms in total. The highest BCUT2D eigenvalue weighted by Crippen LogP contribution is 2.31. The van der Waals surface area contributed by atoms with Crippen LogP contribution in [0, 0.1) is 0 Å². The van der Waals surface area contributed by atoms with Gasteiger partial charge in [-0.25, -0.2) is 15.1 Å². The summed E-state index contributed by atoms with van der Waals surface area (Å²) in [7, 11) is 0. The first-order valence-corrected chi connectivity index (χ1v) is 10.0. The van der Waals surface area contributed by atoms with Gasteiger partial charge >= 0.3 is 12.4 Å². The van der Waals surface area contributed by atoms with Gasteiger partial charge in [-0.1, -0.05) is 0 Å². The molecule has 3 heterocycles. The molecular weight excluding hydrogens is 516 g/mol. The van der Waals surface area contributed by atoms with E-state index in [0.29, 0.717) is 6.20 Å². The second-order valence-corrected chi connectivity index (χ2v) is 7.31. The van der Waals surface area contributed by atoms with E-state index in [2.05, 4.69) is 20.4 Å². The number of nitrogens with zero attached hydrogens (tertiary/aromatic N) is 5. The fourth-order valence-electron chi connectivity index (χ4n) is 2.72. The Kier molecular flexibility index (Phi) is 5.71. The number of amides is 1. The fraction of sp³-hybridized carbons (Fsp3) is 0.550. The summed E-state index contributed by atoms with van der Waals surface area (Å²) >= 11 is 0. The zero-order valence-corrected chi connectivity index (χ0v) is 18.5. The van der Waals surface area contributed by atoms with Gasteiger partial charge in [0, 0.05) is 44.4 Å². The van der Waals surface area contributed by atoms with Gasteiger partial charge in [0.15, 0.2) is 6.10 Å². The monoisotopic (exact) mass is 547 g/mol. The number of nitrogens with one attached hydrogen (secondary N) is 2. The average molecular weight is 547 g/mol. The molecule has 0 saturated carbocycles. The molecule has 2 aromatic heterocycles. The molecule has 1 amide bonds. The van der Waals surface area contributed by atoms with Crippen molar-refractivity contribution in [3.8, 4) is 0 Å². The zero-order valence-electron chi connectivity index (χ0n) is 26.5. The van der Waals surface area contributed by atoms with Crippen molar-refractivity contribution < 1.29 is 51.9 Å². The number of aromatic amines is 1. The fourth-order valence-corrected chi connectivity index (χ4v) is 2.72. The van der Waals surface area contributed by atoms with Crippen molar-refractivity contribution in [1.82, 2.24) is 25.1 Å². The lowest BCUT2D eigenvalue weighted by molar-refractivity contribution is -0.144. The summed E-state index contributed by atoms with van der Waals surface area (Å²) < 4.78 is 150. The number of piperazine rings is 1. The molecule has 1 fully saturated rings. The van der Waals surface area contributed by atoms with Crippen LogP contribution < -0.4 is 15.8 Å². The van der Waals surface area contributed by atoms with Crippen molar-refractivity contribution in [2.45, 2.75) is 31.4 Å². The largest absolute Gasteiger partial charge is 0.423 e. The Balaban J connectivity index is 1.81. The average Bonchev–Trinajstić information content (AvgIpc) is 2.86. The van der Waals surface area contributed by atoms with E-state index in [1.165, 1.54) is 6.92 Å². The van der Waals surface area contributed by atoms with Crippen LogP contribution in [0.25, 0.3) is 0 Å². The van der Waals surface area contributed by atoms with Crippen LogP contribution in [0.4, 0.5) is 38.0 Å². The number of ether oxygens (including phenoxy) is 1. The van der Waals surface area contributed by atoms with Gasteiger partial charge in [-0.05, 0) is 6.92 Å². The van der Waals surface area contributed by atoms with Crippen molar-refractivity contribution in [2.75, 3.05) is 49.4 Å². The van der Waals surface area contributed by atoms with Crippen molar-refractivity contribution in [3.05, 3.63) is 40.1 Å². The van der Waals surface area contributed by atoms with Crippen LogP contribution in [0.15, 0.2) is 23.4 Å². The number of rotatable bonds is 8. The van der Waals surface area contributed by atoms with Crippen LogP contribution in [0.3, 0.4) is 0 Å². The minimum Gasteiger partial charge on any atom is -0.381 e. The van der Waals surface area contributed by atoms with E-state index < -0.39 is 103 Å². The SMILES string of the molecule is [2H]C1([2H])N(C(=O)C(O)COCC(C)Nc2cn[nH]c(=O)c2C(F)(F)F)C([2H])([2H])C([2H])([2H])N(c2ncc(C(F)(F)F)cn2)C1([2H])[2H]. The molecule has 3 rings (SSSR count). The summed E-state index contributed by atoms with van der Waals surface area (Å²) in [4.78, 5) is 30.3. The Hall–Kier alpha value is -3.47. The number of H-pyrrole nitrogens is 1. The number of carbonyl (C=O) groups is 1. The number of aliphatic hydroxyl groups excluding tert-OH is 1. The molecule has 204 valence electrons. The maximum absolute atomic E-state index is 13.2. The van der Waals surface area contributed by atoms with E-state index in [9.17, 15) is 41.0 Å². The summed E-state index contributed by atoms with van der Waals surface area (Å²) in [6, 6.07) is -1.05. The minimum absolute atomic E-state index is 0.129. The van der Waals surface area contributed by atoms with Gasteiger partial charge < -0.3 is 25.0 Å². The van der Waals surface area contributed by atoms with Gasteiger partial charge in [0.25, 0.3) is 11.5 Å². The Morgan fingerprint density at radius 1 is 1.14 bits per heavy atom. The first-order valence-electron chi connectivity index (χ1n) is 14.0. The molecule has 0 aromatic carbocycles. The van der Waals surface area contributed by atoms with Crippen molar-refractivity contribution in [3.63, 3.8) is 0 Å². The molecule has 2 unspecified atom stereocenters. The quantitative estimate of drug-likeness (QED) is 0.416. The second-order valence-electron chi connectivity index (χ2n) is 7.31. The highest BCUT2D eigenvalue weighted by molar-refractivity contribution is 5.81. The molecule has 0 radical (unpaired) electrons. The minimum atomic E-state index is -5.07. The number of anilines is 2. The summed E-state index contributed by atoms with van der Waals surface area (Å²) in [5.74, 6) is -3.13. The lowest BCUT2D eigenvalue weighted by Crippen LogP contribution is -2.52. The van der Waals surface area contributed by atoms with Crippen LogP contribution in [-0.2, 0) is 21.9 Å². The molecule has 1 aliphatic heterocycles. The van der Waals surface area contributed by atoms with Gasteiger partial charge in [-0.3, -0.25) is 9.59 Å². The predicted molar refractivity (Wildman–Crippen MR) is 116 cm³/mol. The summed E-state index contributed by atoms with van der Waals surface area (Å²) in [6.45, 7) is -15.7. The molecule has 1 aliphatic rings. The Morgan fingerprint density at radius 2 is 1.76 bits per heavy atom. The molecule has 0 aliphatic carbocycles. The third-order valence-electron chi connectivity index (χ3n) is 4.40. The second kappa shape index (κ2) is 11.3. The van der Waals surface area contributed by atoms with E-state index in [1.54, 1.807) is 5.10 Å². The molecule has 37 heavy (non-hydrogen) atoms. The molecule has 3 N–H and O–H groups in total. The predicted octanol–water partition coefficient (Wildman–Crippen LogP) is 1.12. The smallest absolute Gasteiger partial charge is 0.381 e. The molecule has 2 aromatic rings. The summed E-state index contributed by atoms with van der Waals surface area (Å²) in [5.41, 5.74) is -5.32. The number of alkyl halides is 6.